The molecule has 0 unspecified atom stereocenters. The molecule has 130 valence electrons. The van der Waals surface area contributed by atoms with Gasteiger partial charge in [0, 0.05) is 0 Å². The lowest BCUT2D eigenvalue weighted by molar-refractivity contribution is -0.117. The van der Waals surface area contributed by atoms with E-state index >= 15 is 0 Å². The Kier molecular flexibility index (Phi) is 5.45. The highest BCUT2D eigenvalue weighted by molar-refractivity contribution is 7.96. The largest absolute Gasteiger partial charge is 0.351 e. The molecule has 5 heteroatoms. The van der Waals surface area contributed by atoms with E-state index in [2.05, 4.69) is 5.32 Å². The first-order valence-electron chi connectivity index (χ1n) is 8.27. The molecule has 0 saturated carbocycles. The van der Waals surface area contributed by atoms with E-state index in [0.717, 1.165) is 15.9 Å². The molecule has 0 fully saturated rings. The third-order valence-electron chi connectivity index (χ3n) is 4.23. The Bertz CT molecular complexity index is 787. The minimum Gasteiger partial charge on any atom is -0.351 e. The van der Waals surface area contributed by atoms with Crippen LogP contribution < -0.4 is 27.0 Å². The summed E-state index contributed by atoms with van der Waals surface area (Å²) in [5, 5.41) is 5.48. The van der Waals surface area contributed by atoms with Crippen LogP contribution in [0, 0.1) is 0 Å². The molecule has 0 heterocycles. The molecule has 0 saturated heterocycles. The quantitative estimate of drug-likeness (QED) is 0.682. The second kappa shape index (κ2) is 7.94. The van der Waals surface area contributed by atoms with Crippen molar-refractivity contribution in [3.8, 4) is 0 Å². The van der Waals surface area contributed by atoms with Gasteiger partial charge >= 0.3 is 6.03 Å². The standard InChI is InChI=1S/C21H19N2O2P/c22-21(25)23-20(24)16-26(17-10-4-1-5-11-17,18-12-6-2-7-13-18)19-14-8-3-9-15-19/h1-15H,16H2,(H2-,22,23,24,25)/p+1. The van der Waals surface area contributed by atoms with E-state index in [0.29, 0.717) is 0 Å². The van der Waals surface area contributed by atoms with E-state index < -0.39 is 13.3 Å². The number of urea groups is 1. The molecule has 3 rings (SSSR count). The second-order valence-electron chi connectivity index (χ2n) is 5.89. The van der Waals surface area contributed by atoms with Gasteiger partial charge in [0.1, 0.15) is 23.2 Å². The van der Waals surface area contributed by atoms with E-state index in [-0.39, 0.29) is 12.1 Å². The highest BCUT2D eigenvalue weighted by Gasteiger charge is 2.47. The fraction of sp³-hybridized carbons (Fsp3) is 0.0476. The fourth-order valence-electron chi connectivity index (χ4n) is 3.16. The second-order valence-corrected chi connectivity index (χ2v) is 9.37. The number of rotatable bonds is 5. The number of amides is 3. The summed E-state index contributed by atoms with van der Waals surface area (Å²) in [5.41, 5.74) is 5.17. The van der Waals surface area contributed by atoms with Gasteiger partial charge < -0.3 is 5.73 Å². The van der Waals surface area contributed by atoms with Gasteiger partial charge in [-0.15, -0.1) is 0 Å². The number of nitrogens with one attached hydrogen (secondary N) is 1. The highest BCUT2D eigenvalue weighted by Crippen LogP contribution is 2.54. The number of benzene rings is 3. The maximum absolute atomic E-state index is 12.6. The number of carbonyl (C=O) groups is 2. The van der Waals surface area contributed by atoms with Crippen LogP contribution in [0.25, 0.3) is 0 Å². The molecule has 4 nitrogen and oxygen atoms in total. The molecule has 0 aliphatic heterocycles. The molecule has 0 aliphatic carbocycles. The van der Waals surface area contributed by atoms with E-state index in [1.807, 2.05) is 91.0 Å². The van der Waals surface area contributed by atoms with Crippen LogP contribution in [0.1, 0.15) is 0 Å². The van der Waals surface area contributed by atoms with E-state index in [1.165, 1.54) is 0 Å². The minimum atomic E-state index is -2.29. The lowest BCUT2D eigenvalue weighted by Gasteiger charge is -2.26. The molecular weight excluding hydrogens is 343 g/mol. The van der Waals surface area contributed by atoms with Crippen molar-refractivity contribution in [2.45, 2.75) is 0 Å². The van der Waals surface area contributed by atoms with Crippen LogP contribution in [0.3, 0.4) is 0 Å². The van der Waals surface area contributed by atoms with Gasteiger partial charge in [-0.2, -0.15) is 0 Å². The zero-order valence-electron chi connectivity index (χ0n) is 14.2. The van der Waals surface area contributed by atoms with Gasteiger partial charge in [0.2, 0.25) is 0 Å². The minimum absolute atomic E-state index is 0.175. The molecule has 0 radical (unpaired) electrons. The predicted octanol–water partition coefficient (Wildman–Crippen LogP) is 2.18. The van der Waals surface area contributed by atoms with E-state index in [4.69, 9.17) is 5.73 Å². The van der Waals surface area contributed by atoms with Gasteiger partial charge in [-0.05, 0) is 36.4 Å². The maximum atomic E-state index is 12.6. The first-order valence-corrected chi connectivity index (χ1v) is 10.2. The van der Waals surface area contributed by atoms with Gasteiger partial charge in [-0.3, -0.25) is 10.1 Å². The molecule has 26 heavy (non-hydrogen) atoms. The Balaban J connectivity index is 2.24. The van der Waals surface area contributed by atoms with Crippen molar-refractivity contribution < 1.29 is 9.59 Å². The summed E-state index contributed by atoms with van der Waals surface area (Å²) in [6.45, 7) is 0. The summed E-state index contributed by atoms with van der Waals surface area (Å²) in [4.78, 5) is 23.8. The summed E-state index contributed by atoms with van der Waals surface area (Å²) in [5.74, 6) is -0.373. The third kappa shape index (κ3) is 3.66. The van der Waals surface area contributed by atoms with Crippen LogP contribution in [0.2, 0.25) is 0 Å². The first-order chi connectivity index (χ1) is 12.6. The average Bonchev–Trinajstić information content (AvgIpc) is 2.67. The Morgan fingerprint density at radius 3 is 1.35 bits per heavy atom. The molecule has 3 N–H and O–H groups in total. The number of primary amides is 1. The molecule has 0 aliphatic rings. The molecule has 0 atom stereocenters. The lowest BCUT2D eigenvalue weighted by atomic mass is 10.4. The van der Waals surface area contributed by atoms with Crippen LogP contribution in [0.5, 0.6) is 0 Å². The topological polar surface area (TPSA) is 72.2 Å². The summed E-state index contributed by atoms with van der Waals surface area (Å²) in [6, 6.07) is 29.2. The monoisotopic (exact) mass is 363 g/mol. The molecule has 0 aromatic heterocycles. The van der Waals surface area contributed by atoms with Crippen LogP contribution in [-0.2, 0) is 4.79 Å². The molecular formula is C21H20N2O2P+. The Morgan fingerprint density at radius 1 is 0.692 bits per heavy atom. The summed E-state index contributed by atoms with van der Waals surface area (Å²) < 4.78 is 0. The van der Waals surface area contributed by atoms with Crippen LogP contribution in [0.15, 0.2) is 91.0 Å². The van der Waals surface area contributed by atoms with Crippen LogP contribution >= 0.6 is 7.26 Å². The molecule has 0 bridgehead atoms. The van der Waals surface area contributed by atoms with Crippen molar-refractivity contribution in [1.29, 1.82) is 0 Å². The van der Waals surface area contributed by atoms with E-state index in [9.17, 15) is 9.59 Å². The smallest absolute Gasteiger partial charge is 0.318 e. The van der Waals surface area contributed by atoms with Gasteiger partial charge in [0.15, 0.2) is 6.16 Å². The van der Waals surface area contributed by atoms with Crippen molar-refractivity contribution in [1.82, 2.24) is 5.32 Å². The number of imide groups is 1. The van der Waals surface area contributed by atoms with Crippen molar-refractivity contribution in [2.75, 3.05) is 6.16 Å². The van der Waals surface area contributed by atoms with E-state index in [1.54, 1.807) is 0 Å². The van der Waals surface area contributed by atoms with Crippen LogP contribution in [0.4, 0.5) is 4.79 Å². The van der Waals surface area contributed by atoms with Gasteiger partial charge in [0.25, 0.3) is 5.91 Å². The van der Waals surface area contributed by atoms with Crippen molar-refractivity contribution in [3.05, 3.63) is 91.0 Å². The van der Waals surface area contributed by atoms with Crippen molar-refractivity contribution >= 4 is 35.1 Å². The number of hydrogen-bond donors (Lipinski definition) is 2. The van der Waals surface area contributed by atoms with Crippen molar-refractivity contribution in [3.63, 3.8) is 0 Å². The number of hydrogen-bond acceptors (Lipinski definition) is 2. The molecule has 0 spiro atoms. The van der Waals surface area contributed by atoms with Crippen molar-refractivity contribution in [2.24, 2.45) is 5.73 Å². The molecule has 3 amide bonds. The zero-order chi connectivity index (χ0) is 18.4. The van der Waals surface area contributed by atoms with Gasteiger partial charge in [0.05, 0.1) is 0 Å². The summed E-state index contributed by atoms with van der Waals surface area (Å²) in [7, 11) is -2.29. The molecule has 3 aromatic rings. The average molecular weight is 363 g/mol. The summed E-state index contributed by atoms with van der Waals surface area (Å²) in [6.07, 6.45) is 0.175. The summed E-state index contributed by atoms with van der Waals surface area (Å²) >= 11 is 0. The third-order valence-corrected chi connectivity index (χ3v) is 8.53. The normalized spacial score (nSPS) is 10.9. The van der Waals surface area contributed by atoms with Gasteiger partial charge in [-0.25, -0.2) is 4.79 Å². The fourth-order valence-corrected chi connectivity index (χ4v) is 7.16. The zero-order valence-corrected chi connectivity index (χ0v) is 15.1. The Morgan fingerprint density at radius 2 is 1.04 bits per heavy atom. The highest BCUT2D eigenvalue weighted by atomic mass is 31.2. The Labute approximate surface area is 153 Å². The van der Waals surface area contributed by atoms with Gasteiger partial charge in [-0.1, -0.05) is 54.6 Å². The predicted molar refractivity (Wildman–Crippen MR) is 108 cm³/mol. The Hall–Kier alpha value is -2.97. The first kappa shape index (κ1) is 17.8. The lowest BCUT2D eigenvalue weighted by Crippen LogP contribution is -2.42. The number of nitrogens with two attached hydrogens (primary N) is 1. The SMILES string of the molecule is NC(=O)NC(=O)C[P+](c1ccccc1)(c1ccccc1)c1ccccc1. The van der Waals surface area contributed by atoms with Crippen LogP contribution in [-0.4, -0.2) is 18.1 Å². The maximum Gasteiger partial charge on any atom is 0.318 e. The molecule has 3 aromatic carbocycles. The number of carbonyl (C=O) groups excluding carboxylic acids is 2.